The van der Waals surface area contributed by atoms with Gasteiger partial charge in [-0.1, -0.05) is 139 Å². The first-order chi connectivity index (χ1) is 27.0. The molecule has 2 nitrogen and oxygen atoms in total. The molecule has 270 valence electrons. The molecule has 9 aromatic carbocycles. The van der Waals surface area contributed by atoms with Gasteiger partial charge in [0.15, 0.2) is 0 Å². The minimum atomic E-state index is -0.109. The van der Waals surface area contributed by atoms with Crippen LogP contribution in [0.3, 0.4) is 0 Å². The van der Waals surface area contributed by atoms with Crippen molar-refractivity contribution in [3.63, 3.8) is 0 Å². The van der Waals surface area contributed by atoms with Gasteiger partial charge in [0, 0.05) is 21.9 Å². The molecule has 56 heavy (non-hydrogen) atoms. The summed E-state index contributed by atoms with van der Waals surface area (Å²) in [5, 5.41) is 10.0. The van der Waals surface area contributed by atoms with Crippen molar-refractivity contribution < 1.29 is 9.47 Å². The topological polar surface area (TPSA) is 18.5 Å². The molecule has 2 heteroatoms. The van der Waals surface area contributed by atoms with Gasteiger partial charge in [0.25, 0.3) is 0 Å². The monoisotopic (exact) mass is 722 g/mol. The SMILES string of the molecule is CC(C)(C)c1c2ccc(-c3ccc4c(c3)Oc3cccc5cccc-4c35)cc2c(C(C)(C)C)c2ccc(-c3ccc4c(c3)Oc3cccc5cccc-4c35)cc12. The first-order valence-electron chi connectivity index (χ1n) is 19.7. The van der Waals surface area contributed by atoms with E-state index in [-0.39, 0.29) is 10.8 Å². The lowest BCUT2D eigenvalue weighted by molar-refractivity contribution is 0.487. The molecule has 0 aliphatic carbocycles. The predicted octanol–water partition coefficient (Wildman–Crippen LogP) is 15.8. The summed E-state index contributed by atoms with van der Waals surface area (Å²) in [5.41, 5.74) is 11.9. The van der Waals surface area contributed by atoms with Gasteiger partial charge in [-0.05, 0) is 136 Å². The van der Waals surface area contributed by atoms with Crippen molar-refractivity contribution in [3.05, 3.63) is 157 Å². The fraction of sp³-hybridized carbons (Fsp3) is 0.148. The van der Waals surface area contributed by atoms with Crippen LogP contribution in [-0.2, 0) is 10.8 Å². The van der Waals surface area contributed by atoms with E-state index in [0.717, 1.165) is 45.3 Å². The van der Waals surface area contributed by atoms with Crippen molar-refractivity contribution in [2.45, 2.75) is 52.4 Å². The second-order valence-corrected chi connectivity index (χ2v) is 17.7. The number of fused-ring (bicyclic) bond motifs is 6. The van der Waals surface area contributed by atoms with E-state index in [1.165, 1.54) is 76.5 Å². The average molecular weight is 723 g/mol. The molecule has 0 spiro atoms. The van der Waals surface area contributed by atoms with E-state index in [1.807, 2.05) is 0 Å². The Balaban J connectivity index is 1.07. The van der Waals surface area contributed by atoms with E-state index in [1.54, 1.807) is 0 Å². The van der Waals surface area contributed by atoms with Crippen molar-refractivity contribution in [1.29, 1.82) is 0 Å². The molecule has 0 bridgehead atoms. The highest BCUT2D eigenvalue weighted by Gasteiger charge is 2.29. The van der Waals surface area contributed by atoms with E-state index in [0.29, 0.717) is 0 Å². The smallest absolute Gasteiger partial charge is 0.135 e. The molecule has 0 atom stereocenters. The number of hydrogen-bond donors (Lipinski definition) is 0. The fourth-order valence-electron chi connectivity index (χ4n) is 9.69. The van der Waals surface area contributed by atoms with Gasteiger partial charge in [-0.3, -0.25) is 0 Å². The summed E-state index contributed by atoms with van der Waals surface area (Å²) in [6, 6.07) is 53.3. The van der Waals surface area contributed by atoms with Crippen LogP contribution in [0.2, 0.25) is 0 Å². The van der Waals surface area contributed by atoms with E-state index < -0.39 is 0 Å². The molecular weight excluding hydrogens is 681 g/mol. The van der Waals surface area contributed by atoms with Crippen LogP contribution in [0.4, 0.5) is 0 Å². The Bertz CT molecular complexity index is 2930. The third kappa shape index (κ3) is 4.88. The quantitative estimate of drug-likeness (QED) is 0.165. The lowest BCUT2D eigenvalue weighted by Gasteiger charge is -2.31. The van der Waals surface area contributed by atoms with Crippen LogP contribution in [0.15, 0.2) is 146 Å². The molecule has 11 rings (SSSR count). The van der Waals surface area contributed by atoms with E-state index in [9.17, 15) is 0 Å². The summed E-state index contributed by atoms with van der Waals surface area (Å²) in [6.45, 7) is 14.1. The molecule has 0 radical (unpaired) electrons. The van der Waals surface area contributed by atoms with Crippen molar-refractivity contribution in [3.8, 4) is 67.5 Å². The van der Waals surface area contributed by atoms with Gasteiger partial charge in [-0.25, -0.2) is 0 Å². The zero-order valence-electron chi connectivity index (χ0n) is 32.7. The van der Waals surface area contributed by atoms with E-state index in [2.05, 4.69) is 187 Å². The Morgan fingerprint density at radius 2 is 0.696 bits per heavy atom. The molecule has 0 saturated heterocycles. The van der Waals surface area contributed by atoms with Gasteiger partial charge < -0.3 is 9.47 Å². The molecule has 0 saturated carbocycles. The molecule has 2 aliphatic heterocycles. The lowest BCUT2D eigenvalue weighted by Crippen LogP contribution is -2.17. The minimum Gasteiger partial charge on any atom is -0.456 e. The van der Waals surface area contributed by atoms with Crippen LogP contribution in [0.1, 0.15) is 52.7 Å². The zero-order chi connectivity index (χ0) is 38.1. The van der Waals surface area contributed by atoms with Crippen LogP contribution in [-0.4, -0.2) is 0 Å². The standard InChI is InChI=1S/C54H42O2/c1-53(2,3)51-41-25-21-34(36-20-24-38-40-16-8-12-32-14-10-18-46(50(32)40)56-48(38)30-36)28-44(41)52(54(4,5)6)42-26-22-33(27-43(42)51)35-19-23-37-39-15-7-11-31-13-9-17-45(49(31)39)55-47(37)29-35/h7-30H,1-6H3. The highest BCUT2D eigenvalue weighted by molar-refractivity contribution is 6.10. The van der Waals surface area contributed by atoms with Gasteiger partial charge in [0.1, 0.15) is 23.0 Å². The molecular formula is C54H42O2. The average Bonchev–Trinajstić information content (AvgIpc) is 3.18. The van der Waals surface area contributed by atoms with Gasteiger partial charge in [-0.2, -0.15) is 0 Å². The van der Waals surface area contributed by atoms with Crippen LogP contribution < -0.4 is 9.47 Å². The third-order valence-corrected chi connectivity index (χ3v) is 12.0. The lowest BCUT2D eigenvalue weighted by atomic mass is 9.73. The Morgan fingerprint density at radius 3 is 1.11 bits per heavy atom. The van der Waals surface area contributed by atoms with Crippen LogP contribution >= 0.6 is 0 Å². The molecule has 0 fully saturated rings. The van der Waals surface area contributed by atoms with Crippen LogP contribution in [0.25, 0.3) is 87.6 Å². The maximum Gasteiger partial charge on any atom is 0.135 e. The van der Waals surface area contributed by atoms with Crippen molar-refractivity contribution in [1.82, 2.24) is 0 Å². The summed E-state index contributed by atoms with van der Waals surface area (Å²) >= 11 is 0. The first-order valence-corrected chi connectivity index (χ1v) is 19.7. The summed E-state index contributed by atoms with van der Waals surface area (Å²) < 4.78 is 13.2. The second kappa shape index (κ2) is 11.6. The predicted molar refractivity (Wildman–Crippen MR) is 236 cm³/mol. The molecule has 9 aromatic rings. The highest BCUT2D eigenvalue weighted by atomic mass is 16.5. The first kappa shape index (κ1) is 33.0. The molecule has 2 aliphatic rings. The Labute approximate surface area is 328 Å². The molecule has 0 amide bonds. The normalized spacial score (nSPS) is 13.1. The van der Waals surface area contributed by atoms with Crippen LogP contribution in [0, 0.1) is 0 Å². The largest absolute Gasteiger partial charge is 0.456 e. The van der Waals surface area contributed by atoms with E-state index in [4.69, 9.17) is 9.47 Å². The maximum absolute atomic E-state index is 6.60. The fourth-order valence-corrected chi connectivity index (χ4v) is 9.69. The number of hydrogen-bond acceptors (Lipinski definition) is 2. The summed E-state index contributed by atoms with van der Waals surface area (Å²) in [4.78, 5) is 0. The van der Waals surface area contributed by atoms with Crippen LogP contribution in [0.5, 0.6) is 23.0 Å². The highest BCUT2D eigenvalue weighted by Crippen LogP contribution is 2.51. The van der Waals surface area contributed by atoms with Gasteiger partial charge in [0.05, 0.1) is 0 Å². The van der Waals surface area contributed by atoms with Gasteiger partial charge >= 0.3 is 0 Å². The van der Waals surface area contributed by atoms with Crippen molar-refractivity contribution in [2.24, 2.45) is 0 Å². The zero-order valence-corrected chi connectivity index (χ0v) is 32.7. The van der Waals surface area contributed by atoms with Gasteiger partial charge in [-0.15, -0.1) is 0 Å². The molecule has 0 unspecified atom stereocenters. The third-order valence-electron chi connectivity index (χ3n) is 12.0. The molecule has 0 aromatic heterocycles. The Hall–Kier alpha value is -6.38. The summed E-state index contributed by atoms with van der Waals surface area (Å²) in [5.74, 6) is 3.64. The number of benzene rings is 9. The molecule has 0 N–H and O–H groups in total. The van der Waals surface area contributed by atoms with Crippen molar-refractivity contribution >= 4 is 43.1 Å². The Kier molecular flexibility index (Phi) is 6.82. The minimum absolute atomic E-state index is 0.109. The summed E-state index contributed by atoms with van der Waals surface area (Å²) in [6.07, 6.45) is 0. The second-order valence-electron chi connectivity index (χ2n) is 17.7. The number of ether oxygens (including phenoxy) is 2. The molecule has 2 heterocycles. The van der Waals surface area contributed by atoms with Crippen molar-refractivity contribution in [2.75, 3.05) is 0 Å². The maximum atomic E-state index is 6.60. The van der Waals surface area contributed by atoms with Gasteiger partial charge in [0.2, 0.25) is 0 Å². The summed E-state index contributed by atoms with van der Waals surface area (Å²) in [7, 11) is 0. The number of rotatable bonds is 2. The van der Waals surface area contributed by atoms with E-state index >= 15 is 0 Å². The Morgan fingerprint density at radius 1 is 0.321 bits per heavy atom.